The van der Waals surface area contributed by atoms with E-state index in [2.05, 4.69) is 30.7 Å². The van der Waals surface area contributed by atoms with Crippen molar-refractivity contribution in [3.8, 4) is 0 Å². The molecule has 1 amide bonds. The summed E-state index contributed by atoms with van der Waals surface area (Å²) in [6.45, 7) is 0. The van der Waals surface area contributed by atoms with Crippen molar-refractivity contribution in [1.29, 1.82) is 0 Å². The predicted molar refractivity (Wildman–Crippen MR) is 79.1 cm³/mol. The number of nitrogens with one attached hydrogen (secondary N) is 3. The van der Waals surface area contributed by atoms with E-state index in [1.165, 1.54) is 13.5 Å². The third kappa shape index (κ3) is 4.73. The van der Waals surface area contributed by atoms with Crippen molar-refractivity contribution in [3.63, 3.8) is 0 Å². The molecule has 1 aromatic heterocycles. The fraction of sp³-hybridized carbons (Fsp3) is 0.833. The monoisotopic (exact) mass is 330 g/mol. The number of H-pyrrole nitrogens is 1. The van der Waals surface area contributed by atoms with Crippen LogP contribution in [0.25, 0.3) is 0 Å². The van der Waals surface area contributed by atoms with Crippen molar-refractivity contribution in [3.05, 3.63) is 5.82 Å². The fourth-order valence-corrected chi connectivity index (χ4v) is 3.39. The smallest absolute Gasteiger partial charge is 0.221 e. The first-order chi connectivity index (χ1) is 10.5. The zero-order chi connectivity index (χ0) is 16.0. The number of carbonyl (C=O) groups is 1. The Kier molecular flexibility index (Phi) is 5.83. The summed E-state index contributed by atoms with van der Waals surface area (Å²) in [6, 6.07) is -0.316. The van der Waals surface area contributed by atoms with Gasteiger partial charge in [0.1, 0.15) is 0 Å². The Morgan fingerprint density at radius 2 is 2.09 bits per heavy atom. The number of nitrogens with zero attached hydrogens (tertiary/aromatic N) is 3. The number of rotatable bonds is 7. The maximum atomic E-state index is 12.1. The second-order valence-electron chi connectivity index (χ2n) is 5.49. The largest absolute Gasteiger partial charge is 0.346 e. The van der Waals surface area contributed by atoms with E-state index in [1.54, 1.807) is 0 Å². The van der Waals surface area contributed by atoms with E-state index in [4.69, 9.17) is 0 Å². The third-order valence-corrected chi connectivity index (χ3v) is 5.35. The molecule has 1 unspecified atom stereocenters. The molecule has 124 valence electrons. The molecule has 22 heavy (non-hydrogen) atoms. The van der Waals surface area contributed by atoms with Crippen LogP contribution in [0, 0.1) is 5.92 Å². The van der Waals surface area contributed by atoms with Crippen molar-refractivity contribution in [2.45, 2.75) is 44.6 Å². The summed E-state index contributed by atoms with van der Waals surface area (Å²) < 4.78 is 25.0. The number of amides is 1. The van der Waals surface area contributed by atoms with E-state index in [-0.39, 0.29) is 30.0 Å². The van der Waals surface area contributed by atoms with Gasteiger partial charge in [0, 0.05) is 6.42 Å². The molecule has 10 heteroatoms. The van der Waals surface area contributed by atoms with Crippen LogP contribution in [0.1, 0.15) is 50.4 Å². The number of aromatic nitrogens is 4. The highest BCUT2D eigenvalue weighted by atomic mass is 32.2. The standard InChI is InChI=1S/C12H22N6O3S/c1-13-22(20,21)8-7-10(19)14-11(12-15-17-18-16-12)9-5-3-2-4-6-9/h9,11,13H,2-8H2,1H3,(H,14,19)(H,15,16,17,18). The van der Waals surface area contributed by atoms with E-state index in [1.807, 2.05) is 0 Å². The Hall–Kier alpha value is -1.55. The molecule has 1 fully saturated rings. The van der Waals surface area contributed by atoms with E-state index >= 15 is 0 Å². The SMILES string of the molecule is CNS(=O)(=O)CCC(=O)NC(c1nn[nH]n1)C1CCCCC1. The lowest BCUT2D eigenvalue weighted by Crippen LogP contribution is -2.36. The normalized spacial score (nSPS) is 18.0. The van der Waals surface area contributed by atoms with Gasteiger partial charge in [-0.2, -0.15) is 5.21 Å². The highest BCUT2D eigenvalue weighted by molar-refractivity contribution is 7.89. The number of sulfonamides is 1. The highest BCUT2D eigenvalue weighted by Gasteiger charge is 2.29. The van der Waals surface area contributed by atoms with Gasteiger partial charge in [0.2, 0.25) is 15.9 Å². The molecular weight excluding hydrogens is 308 g/mol. The van der Waals surface area contributed by atoms with Crippen LogP contribution in [0.3, 0.4) is 0 Å². The number of aromatic amines is 1. The minimum Gasteiger partial charge on any atom is -0.346 e. The first-order valence-electron chi connectivity index (χ1n) is 7.46. The van der Waals surface area contributed by atoms with Crippen LogP contribution in [-0.4, -0.2) is 47.7 Å². The Morgan fingerprint density at radius 3 is 2.68 bits per heavy atom. The second-order valence-corrected chi connectivity index (χ2v) is 7.53. The zero-order valence-electron chi connectivity index (χ0n) is 12.6. The summed E-state index contributed by atoms with van der Waals surface area (Å²) >= 11 is 0. The molecule has 1 aliphatic carbocycles. The van der Waals surface area contributed by atoms with Crippen LogP contribution in [-0.2, 0) is 14.8 Å². The van der Waals surface area contributed by atoms with Crippen LogP contribution in [0.2, 0.25) is 0 Å². The second kappa shape index (κ2) is 7.63. The van der Waals surface area contributed by atoms with E-state index in [0.29, 0.717) is 5.82 Å². The Morgan fingerprint density at radius 1 is 1.36 bits per heavy atom. The van der Waals surface area contributed by atoms with Gasteiger partial charge in [-0.1, -0.05) is 24.5 Å². The third-order valence-electron chi connectivity index (χ3n) is 3.99. The summed E-state index contributed by atoms with van der Waals surface area (Å²) in [5.41, 5.74) is 0. The van der Waals surface area contributed by atoms with Crippen molar-refractivity contribution in [1.82, 2.24) is 30.7 Å². The molecule has 0 aliphatic heterocycles. The topological polar surface area (TPSA) is 130 Å². The van der Waals surface area contributed by atoms with Crippen molar-refractivity contribution in [2.75, 3.05) is 12.8 Å². The summed E-state index contributed by atoms with van der Waals surface area (Å²) in [5.74, 6) is 0.158. The van der Waals surface area contributed by atoms with Gasteiger partial charge in [-0.25, -0.2) is 13.1 Å². The van der Waals surface area contributed by atoms with Gasteiger partial charge < -0.3 is 5.32 Å². The molecule has 0 saturated heterocycles. The lowest BCUT2D eigenvalue weighted by atomic mass is 9.83. The van der Waals surface area contributed by atoms with Crippen molar-refractivity contribution < 1.29 is 13.2 Å². The van der Waals surface area contributed by atoms with E-state index < -0.39 is 10.0 Å². The van der Waals surface area contributed by atoms with Crippen LogP contribution >= 0.6 is 0 Å². The number of hydrogen-bond acceptors (Lipinski definition) is 6. The zero-order valence-corrected chi connectivity index (χ0v) is 13.4. The van der Waals surface area contributed by atoms with Gasteiger partial charge in [0.15, 0.2) is 5.82 Å². The summed E-state index contributed by atoms with van der Waals surface area (Å²) in [4.78, 5) is 12.1. The molecule has 1 saturated carbocycles. The molecule has 1 atom stereocenters. The lowest BCUT2D eigenvalue weighted by Gasteiger charge is -2.28. The molecule has 0 aromatic carbocycles. The predicted octanol–water partition coefficient (Wildman–Crippen LogP) is -0.123. The first-order valence-corrected chi connectivity index (χ1v) is 9.11. The molecule has 2 rings (SSSR count). The first kappa shape index (κ1) is 16.8. The number of tetrazole rings is 1. The molecule has 3 N–H and O–H groups in total. The van der Waals surface area contributed by atoms with Crippen molar-refractivity contribution >= 4 is 15.9 Å². The maximum absolute atomic E-state index is 12.1. The van der Waals surface area contributed by atoms with Crippen LogP contribution < -0.4 is 10.0 Å². The quantitative estimate of drug-likeness (QED) is 0.639. The molecule has 9 nitrogen and oxygen atoms in total. The van der Waals surface area contributed by atoms with E-state index in [9.17, 15) is 13.2 Å². The highest BCUT2D eigenvalue weighted by Crippen LogP contribution is 2.32. The fourth-order valence-electron chi connectivity index (χ4n) is 2.74. The summed E-state index contributed by atoms with van der Waals surface area (Å²) in [6.07, 6.45) is 5.32. The summed E-state index contributed by atoms with van der Waals surface area (Å²) in [5, 5.41) is 16.8. The average molecular weight is 330 g/mol. The minimum atomic E-state index is -3.39. The molecule has 0 spiro atoms. The minimum absolute atomic E-state index is 0.0930. The van der Waals surface area contributed by atoms with Gasteiger partial charge in [-0.15, -0.1) is 10.2 Å². The summed E-state index contributed by atoms with van der Waals surface area (Å²) in [7, 11) is -2.06. The lowest BCUT2D eigenvalue weighted by molar-refractivity contribution is -0.122. The number of hydrogen-bond donors (Lipinski definition) is 3. The molecule has 0 radical (unpaired) electrons. The van der Waals surface area contributed by atoms with Crippen LogP contribution in [0.5, 0.6) is 0 Å². The number of carbonyl (C=O) groups excluding carboxylic acids is 1. The van der Waals surface area contributed by atoms with Gasteiger partial charge in [0.25, 0.3) is 0 Å². The van der Waals surface area contributed by atoms with Gasteiger partial charge >= 0.3 is 0 Å². The van der Waals surface area contributed by atoms with Gasteiger partial charge in [0.05, 0.1) is 11.8 Å². The Balaban J connectivity index is 1.98. The van der Waals surface area contributed by atoms with Crippen molar-refractivity contribution in [2.24, 2.45) is 5.92 Å². The molecule has 1 aromatic rings. The van der Waals surface area contributed by atoms with Gasteiger partial charge in [-0.3, -0.25) is 4.79 Å². The molecular formula is C12H22N6O3S. The van der Waals surface area contributed by atoms with Crippen LogP contribution in [0.4, 0.5) is 0 Å². The van der Waals surface area contributed by atoms with Gasteiger partial charge in [-0.05, 0) is 25.8 Å². The Bertz CT molecular complexity index is 568. The average Bonchev–Trinajstić information content (AvgIpc) is 3.06. The Labute approximate surface area is 129 Å². The molecule has 0 bridgehead atoms. The van der Waals surface area contributed by atoms with Crippen LogP contribution in [0.15, 0.2) is 0 Å². The maximum Gasteiger partial charge on any atom is 0.221 e. The van der Waals surface area contributed by atoms with E-state index in [0.717, 1.165) is 25.7 Å². The molecule has 1 aliphatic rings. The molecule has 1 heterocycles.